The summed E-state index contributed by atoms with van der Waals surface area (Å²) in [5, 5.41) is 8.82. The zero-order valence-electron chi connectivity index (χ0n) is 8.31. The van der Waals surface area contributed by atoms with Gasteiger partial charge in [-0.2, -0.15) is 0 Å². The van der Waals surface area contributed by atoms with Crippen LogP contribution in [0.4, 0.5) is 0 Å². The summed E-state index contributed by atoms with van der Waals surface area (Å²) in [7, 11) is 0. The van der Waals surface area contributed by atoms with Gasteiger partial charge in [-0.1, -0.05) is 0 Å². The summed E-state index contributed by atoms with van der Waals surface area (Å²) in [4.78, 5) is 20.2. The first-order chi connectivity index (χ1) is 7.25. The average Bonchev–Trinajstić information content (AvgIpc) is 2.67. The molecule has 3 heterocycles. The monoisotopic (exact) mass is 207 g/mol. The molecule has 0 saturated carbocycles. The van der Waals surface area contributed by atoms with Crippen LogP contribution in [0.25, 0.3) is 0 Å². The van der Waals surface area contributed by atoms with E-state index in [0.717, 1.165) is 30.8 Å². The maximum absolute atomic E-state index is 10.7. The van der Waals surface area contributed by atoms with Crippen molar-refractivity contribution in [3.63, 3.8) is 0 Å². The second-order valence-corrected chi connectivity index (χ2v) is 4.31. The molecule has 1 aromatic heterocycles. The minimum absolute atomic E-state index is 0.139. The average molecular weight is 207 g/mol. The maximum Gasteiger partial charge on any atom is 0.317 e. The third-order valence-corrected chi connectivity index (χ3v) is 3.44. The van der Waals surface area contributed by atoms with Gasteiger partial charge in [0.2, 0.25) is 0 Å². The van der Waals surface area contributed by atoms with Gasteiger partial charge in [-0.25, -0.2) is 4.98 Å². The van der Waals surface area contributed by atoms with Gasteiger partial charge in [-0.15, -0.1) is 0 Å². The van der Waals surface area contributed by atoms with Crippen LogP contribution in [0.1, 0.15) is 36.2 Å². The van der Waals surface area contributed by atoms with Crippen LogP contribution in [-0.4, -0.2) is 39.0 Å². The Hall–Kier alpha value is -1.36. The first-order valence-electron chi connectivity index (χ1n) is 5.24. The quantitative estimate of drug-likeness (QED) is 0.750. The Balaban J connectivity index is 1.92. The molecule has 0 amide bonds. The molecular weight excluding hydrogens is 194 g/mol. The largest absolute Gasteiger partial charge is 0.480 e. The lowest BCUT2D eigenvalue weighted by Crippen LogP contribution is -2.44. The van der Waals surface area contributed by atoms with Gasteiger partial charge in [-0.05, 0) is 12.8 Å². The number of aromatic nitrogens is 2. The van der Waals surface area contributed by atoms with Crippen molar-refractivity contribution in [2.75, 3.05) is 13.1 Å². The molecule has 5 nitrogen and oxygen atoms in total. The van der Waals surface area contributed by atoms with Crippen molar-refractivity contribution in [2.24, 2.45) is 0 Å². The van der Waals surface area contributed by atoms with Crippen molar-refractivity contribution >= 4 is 5.97 Å². The smallest absolute Gasteiger partial charge is 0.317 e. The highest BCUT2D eigenvalue weighted by Gasteiger charge is 2.40. The van der Waals surface area contributed by atoms with Crippen LogP contribution >= 0.6 is 0 Å². The van der Waals surface area contributed by atoms with E-state index in [1.54, 1.807) is 6.33 Å². The topological polar surface area (TPSA) is 69.2 Å². The normalized spacial score (nSPS) is 29.1. The summed E-state index contributed by atoms with van der Waals surface area (Å²) in [5.74, 6) is -0.320. The number of H-pyrrole nitrogens is 1. The number of piperidine rings is 1. The Bertz CT molecular complexity index is 401. The van der Waals surface area contributed by atoms with Crippen molar-refractivity contribution in [1.82, 2.24) is 14.9 Å². The summed E-state index contributed by atoms with van der Waals surface area (Å²) in [5.41, 5.74) is 2.30. The van der Waals surface area contributed by atoms with Crippen LogP contribution in [-0.2, 0) is 4.79 Å². The van der Waals surface area contributed by atoms with E-state index >= 15 is 0 Å². The third kappa shape index (κ3) is 1.26. The molecule has 1 aliphatic carbocycles. The molecule has 0 radical (unpaired) electrons. The number of rotatable bonds is 2. The Kier molecular flexibility index (Phi) is 1.82. The second kappa shape index (κ2) is 3.06. The van der Waals surface area contributed by atoms with Gasteiger partial charge in [0.25, 0.3) is 0 Å². The number of fused-ring (bicyclic) bond motifs is 2. The van der Waals surface area contributed by atoms with E-state index in [2.05, 4.69) is 9.97 Å². The van der Waals surface area contributed by atoms with Crippen molar-refractivity contribution < 1.29 is 9.90 Å². The van der Waals surface area contributed by atoms with E-state index in [1.165, 1.54) is 0 Å². The van der Waals surface area contributed by atoms with Gasteiger partial charge < -0.3 is 10.1 Å². The molecule has 2 bridgehead atoms. The molecule has 1 saturated heterocycles. The zero-order valence-corrected chi connectivity index (χ0v) is 8.31. The summed E-state index contributed by atoms with van der Waals surface area (Å²) in [6, 6.07) is 0.239. The highest BCUT2D eigenvalue weighted by atomic mass is 16.4. The number of hydrogen-bond acceptors (Lipinski definition) is 3. The van der Waals surface area contributed by atoms with Crippen molar-refractivity contribution in [2.45, 2.75) is 24.8 Å². The lowest BCUT2D eigenvalue weighted by atomic mass is 9.80. The Morgan fingerprint density at radius 1 is 1.67 bits per heavy atom. The Morgan fingerprint density at radius 3 is 3.33 bits per heavy atom. The molecule has 1 aromatic rings. The minimum atomic E-state index is -0.747. The van der Waals surface area contributed by atoms with E-state index in [0.29, 0.717) is 5.92 Å². The van der Waals surface area contributed by atoms with E-state index in [1.807, 2.05) is 4.90 Å². The number of aromatic amines is 1. The molecule has 80 valence electrons. The van der Waals surface area contributed by atoms with Gasteiger partial charge in [0.15, 0.2) is 0 Å². The maximum atomic E-state index is 10.7. The third-order valence-electron chi connectivity index (χ3n) is 3.44. The SMILES string of the molecule is O=C(O)CN1CC2CCC1c1[nH]cnc12. The van der Waals surface area contributed by atoms with Crippen LogP contribution < -0.4 is 0 Å². The Labute approximate surface area is 87.1 Å². The molecule has 1 fully saturated rings. The number of aliphatic carboxylic acids is 1. The highest BCUT2D eigenvalue weighted by Crippen LogP contribution is 2.44. The van der Waals surface area contributed by atoms with Crippen LogP contribution in [0.2, 0.25) is 0 Å². The fourth-order valence-corrected chi connectivity index (χ4v) is 2.85. The van der Waals surface area contributed by atoms with E-state index in [9.17, 15) is 4.79 Å². The van der Waals surface area contributed by atoms with Gasteiger partial charge in [0.1, 0.15) is 0 Å². The van der Waals surface area contributed by atoms with Gasteiger partial charge in [0.05, 0.1) is 30.3 Å². The van der Waals surface area contributed by atoms with Crippen molar-refractivity contribution in [1.29, 1.82) is 0 Å². The molecule has 5 heteroatoms. The number of hydrogen-bond donors (Lipinski definition) is 2. The van der Waals surface area contributed by atoms with Crippen LogP contribution in [0.3, 0.4) is 0 Å². The molecule has 2 unspecified atom stereocenters. The van der Waals surface area contributed by atoms with E-state index in [-0.39, 0.29) is 12.6 Å². The first kappa shape index (κ1) is 8.91. The number of carboxylic acid groups (broad SMARTS) is 1. The number of carbonyl (C=O) groups is 1. The number of imidazole rings is 1. The number of carboxylic acids is 1. The first-order valence-corrected chi connectivity index (χ1v) is 5.24. The lowest BCUT2D eigenvalue weighted by Gasteiger charge is -2.43. The summed E-state index contributed by atoms with van der Waals surface area (Å²) < 4.78 is 0. The molecule has 3 aliphatic rings. The van der Waals surface area contributed by atoms with Crippen LogP contribution in [0.15, 0.2) is 6.33 Å². The van der Waals surface area contributed by atoms with Crippen molar-refractivity contribution in [3.05, 3.63) is 17.7 Å². The van der Waals surface area contributed by atoms with Crippen molar-refractivity contribution in [3.8, 4) is 0 Å². The predicted molar refractivity (Wildman–Crippen MR) is 52.5 cm³/mol. The molecule has 2 aliphatic heterocycles. The number of nitrogens with one attached hydrogen (secondary N) is 1. The van der Waals surface area contributed by atoms with Gasteiger partial charge >= 0.3 is 5.97 Å². The second-order valence-electron chi connectivity index (χ2n) is 4.31. The van der Waals surface area contributed by atoms with E-state index in [4.69, 9.17) is 5.11 Å². The zero-order chi connectivity index (χ0) is 10.4. The molecule has 15 heavy (non-hydrogen) atoms. The minimum Gasteiger partial charge on any atom is -0.480 e. The molecule has 2 N–H and O–H groups in total. The highest BCUT2D eigenvalue weighted by molar-refractivity contribution is 5.69. The lowest BCUT2D eigenvalue weighted by molar-refractivity contribution is -0.139. The van der Waals surface area contributed by atoms with Gasteiger partial charge in [0, 0.05) is 12.5 Å². The summed E-state index contributed by atoms with van der Waals surface area (Å²) >= 11 is 0. The van der Waals surface area contributed by atoms with Crippen LogP contribution in [0.5, 0.6) is 0 Å². The van der Waals surface area contributed by atoms with E-state index < -0.39 is 5.97 Å². The molecule has 4 rings (SSSR count). The molecule has 2 atom stereocenters. The fraction of sp³-hybridized carbons (Fsp3) is 0.600. The molecule has 0 spiro atoms. The van der Waals surface area contributed by atoms with Gasteiger partial charge in [-0.3, -0.25) is 9.69 Å². The number of nitrogens with zero attached hydrogens (tertiary/aromatic N) is 2. The summed E-state index contributed by atoms with van der Waals surface area (Å²) in [6.07, 6.45) is 3.91. The van der Waals surface area contributed by atoms with Crippen LogP contribution in [0, 0.1) is 0 Å². The fourth-order valence-electron chi connectivity index (χ4n) is 2.85. The Morgan fingerprint density at radius 2 is 2.53 bits per heavy atom. The predicted octanol–water partition coefficient (Wildman–Crippen LogP) is 0.728. The standard InChI is InChI=1S/C10H13N3O2/c14-8(15)4-13-3-6-1-2-7(13)10-9(6)11-5-12-10/h5-7H,1-4H2,(H,11,12)(H,14,15). The molecule has 0 aromatic carbocycles. The summed E-state index contributed by atoms with van der Waals surface area (Å²) in [6.45, 7) is 0.981. The molecular formula is C10H13N3O2.